The third-order valence-corrected chi connectivity index (χ3v) is 3.06. The minimum atomic E-state index is -0.947. The fourth-order valence-corrected chi connectivity index (χ4v) is 2.05. The molecule has 0 radical (unpaired) electrons. The predicted molar refractivity (Wildman–Crippen MR) is 68.5 cm³/mol. The van der Waals surface area contributed by atoms with Crippen molar-refractivity contribution in [1.29, 1.82) is 5.26 Å². The second kappa shape index (κ2) is 4.89. The monoisotopic (exact) mass is 239 g/mol. The molecule has 0 heterocycles. The summed E-state index contributed by atoms with van der Waals surface area (Å²) in [5.41, 5.74) is 1.21. The van der Waals surface area contributed by atoms with Crippen molar-refractivity contribution in [2.24, 2.45) is 5.41 Å². The lowest BCUT2D eigenvalue weighted by molar-refractivity contribution is -0.138. The molecule has 0 fully saturated rings. The second-order valence-corrected chi connectivity index (χ2v) is 4.40. The lowest BCUT2D eigenvalue weighted by Crippen LogP contribution is -2.21. The molecule has 0 saturated carbocycles. The van der Waals surface area contributed by atoms with E-state index in [1.54, 1.807) is 6.08 Å². The van der Waals surface area contributed by atoms with Gasteiger partial charge in [-0.3, -0.25) is 4.79 Å². The topological polar surface area (TPSA) is 61.1 Å². The molecule has 2 rings (SSSR count). The smallest absolute Gasteiger partial charge is 0.305 e. The van der Waals surface area contributed by atoms with E-state index in [2.05, 4.69) is 6.07 Å². The summed E-state index contributed by atoms with van der Waals surface area (Å²) in [5.74, 6) is -0.947. The Morgan fingerprint density at radius 1 is 1.39 bits per heavy atom. The maximum absolute atomic E-state index is 10.8. The van der Waals surface area contributed by atoms with Crippen LogP contribution in [-0.4, -0.2) is 11.1 Å². The summed E-state index contributed by atoms with van der Waals surface area (Å²) in [6.45, 7) is 0. The van der Waals surface area contributed by atoms with Crippen molar-refractivity contribution < 1.29 is 9.90 Å². The first-order valence-electron chi connectivity index (χ1n) is 5.73. The number of rotatable bonds is 3. The molecule has 1 aliphatic carbocycles. The van der Waals surface area contributed by atoms with Gasteiger partial charge >= 0.3 is 5.97 Å². The Kier molecular flexibility index (Phi) is 3.29. The highest BCUT2D eigenvalue weighted by atomic mass is 16.4. The highest BCUT2D eigenvalue weighted by Crippen LogP contribution is 2.35. The lowest BCUT2D eigenvalue weighted by Gasteiger charge is -2.23. The van der Waals surface area contributed by atoms with Crippen LogP contribution in [0.15, 0.2) is 48.6 Å². The molecule has 0 aliphatic heterocycles. The van der Waals surface area contributed by atoms with Gasteiger partial charge in [0.05, 0.1) is 17.9 Å². The lowest BCUT2D eigenvalue weighted by atomic mass is 9.78. The maximum Gasteiger partial charge on any atom is 0.305 e. The van der Waals surface area contributed by atoms with Crippen LogP contribution in [0.5, 0.6) is 0 Å². The summed E-state index contributed by atoms with van der Waals surface area (Å²) < 4.78 is 0. The molecular formula is C15H13NO2. The van der Waals surface area contributed by atoms with E-state index in [-0.39, 0.29) is 6.42 Å². The number of nitriles is 1. The molecule has 3 nitrogen and oxygen atoms in total. The van der Waals surface area contributed by atoms with E-state index in [4.69, 9.17) is 10.4 Å². The van der Waals surface area contributed by atoms with Gasteiger partial charge in [0.25, 0.3) is 0 Å². The molecule has 0 aromatic heterocycles. The maximum atomic E-state index is 10.8. The van der Waals surface area contributed by atoms with Crippen LogP contribution in [0.4, 0.5) is 0 Å². The highest BCUT2D eigenvalue weighted by molar-refractivity contribution is 5.76. The Bertz CT molecular complexity index is 552. The Morgan fingerprint density at radius 3 is 2.61 bits per heavy atom. The van der Waals surface area contributed by atoms with Gasteiger partial charge in [-0.25, -0.2) is 0 Å². The molecule has 90 valence electrons. The zero-order chi connectivity index (χ0) is 13.0. The third kappa shape index (κ3) is 2.49. The van der Waals surface area contributed by atoms with Crippen LogP contribution >= 0.6 is 0 Å². The minimum Gasteiger partial charge on any atom is -0.481 e. The van der Waals surface area contributed by atoms with Gasteiger partial charge in [0, 0.05) is 0 Å². The molecule has 1 aromatic carbocycles. The van der Waals surface area contributed by atoms with Gasteiger partial charge in [-0.15, -0.1) is 0 Å². The van der Waals surface area contributed by atoms with Crippen molar-refractivity contribution in [1.82, 2.24) is 0 Å². The molecule has 0 saturated heterocycles. The minimum absolute atomic E-state index is 0.154. The van der Waals surface area contributed by atoms with Gasteiger partial charge in [-0.2, -0.15) is 5.26 Å². The zero-order valence-electron chi connectivity index (χ0n) is 9.84. The van der Waals surface area contributed by atoms with Gasteiger partial charge in [0.2, 0.25) is 0 Å². The zero-order valence-corrected chi connectivity index (χ0v) is 9.84. The Morgan fingerprint density at radius 2 is 2.11 bits per heavy atom. The molecule has 1 atom stereocenters. The number of carboxylic acids is 1. The summed E-state index contributed by atoms with van der Waals surface area (Å²) in [7, 11) is 0. The Labute approximate surface area is 106 Å². The van der Waals surface area contributed by atoms with Crippen LogP contribution in [0, 0.1) is 16.7 Å². The van der Waals surface area contributed by atoms with Gasteiger partial charge < -0.3 is 5.11 Å². The molecule has 1 aromatic rings. The van der Waals surface area contributed by atoms with E-state index in [0.29, 0.717) is 6.42 Å². The number of aliphatic carboxylic acids is 1. The van der Waals surface area contributed by atoms with Gasteiger partial charge in [0.1, 0.15) is 0 Å². The Hall–Kier alpha value is -2.34. The average molecular weight is 239 g/mol. The number of hydrogen-bond donors (Lipinski definition) is 1. The van der Waals surface area contributed by atoms with E-state index >= 15 is 0 Å². The standard InChI is InChI=1S/C15H13NO2/c16-11-15(10-14(17)18)8-6-13(7-9-15)12-4-2-1-3-5-12/h1-8H,9-10H2,(H,17,18). The number of nitrogens with zero attached hydrogens (tertiary/aromatic N) is 1. The summed E-state index contributed by atoms with van der Waals surface area (Å²) in [5, 5.41) is 18.0. The number of carbonyl (C=O) groups is 1. The first-order valence-corrected chi connectivity index (χ1v) is 5.73. The van der Waals surface area contributed by atoms with Crippen LogP contribution in [0.25, 0.3) is 5.57 Å². The SMILES string of the molecule is N#CC1(CC(=O)O)C=CC(c2ccccc2)=CC1. The first-order chi connectivity index (χ1) is 8.65. The molecule has 1 N–H and O–H groups in total. The number of allylic oxidation sites excluding steroid dienone is 4. The molecule has 3 heteroatoms. The van der Waals surface area contributed by atoms with Crippen LogP contribution in [-0.2, 0) is 4.79 Å². The first kappa shape index (κ1) is 12.1. The quantitative estimate of drug-likeness (QED) is 0.881. The van der Waals surface area contributed by atoms with Crippen molar-refractivity contribution in [2.75, 3.05) is 0 Å². The predicted octanol–water partition coefficient (Wildman–Crippen LogP) is 3.01. The molecule has 18 heavy (non-hydrogen) atoms. The van der Waals surface area contributed by atoms with Gasteiger partial charge in [-0.05, 0) is 17.6 Å². The summed E-state index contributed by atoms with van der Waals surface area (Å²) in [6.07, 6.45) is 5.77. The van der Waals surface area contributed by atoms with E-state index in [1.165, 1.54) is 0 Å². The van der Waals surface area contributed by atoms with Crippen molar-refractivity contribution >= 4 is 11.5 Å². The normalized spacial score (nSPS) is 22.1. The molecule has 1 aliphatic rings. The van der Waals surface area contributed by atoms with E-state index in [1.807, 2.05) is 42.5 Å². The largest absolute Gasteiger partial charge is 0.481 e. The van der Waals surface area contributed by atoms with Crippen molar-refractivity contribution in [2.45, 2.75) is 12.8 Å². The van der Waals surface area contributed by atoms with Crippen molar-refractivity contribution in [3.63, 3.8) is 0 Å². The fraction of sp³-hybridized carbons (Fsp3) is 0.200. The fourth-order valence-electron chi connectivity index (χ4n) is 2.05. The van der Waals surface area contributed by atoms with E-state index < -0.39 is 11.4 Å². The number of carboxylic acid groups (broad SMARTS) is 1. The van der Waals surface area contributed by atoms with Crippen LogP contribution < -0.4 is 0 Å². The molecular weight excluding hydrogens is 226 g/mol. The van der Waals surface area contributed by atoms with Gasteiger partial charge in [0.15, 0.2) is 0 Å². The van der Waals surface area contributed by atoms with Crippen molar-refractivity contribution in [3.8, 4) is 6.07 Å². The summed E-state index contributed by atoms with van der Waals surface area (Å²) >= 11 is 0. The van der Waals surface area contributed by atoms with Crippen LogP contribution in [0.1, 0.15) is 18.4 Å². The van der Waals surface area contributed by atoms with Gasteiger partial charge in [-0.1, -0.05) is 48.6 Å². The molecule has 0 bridgehead atoms. The van der Waals surface area contributed by atoms with Crippen LogP contribution in [0.3, 0.4) is 0 Å². The number of hydrogen-bond acceptors (Lipinski definition) is 2. The van der Waals surface area contributed by atoms with Crippen molar-refractivity contribution in [3.05, 3.63) is 54.1 Å². The van der Waals surface area contributed by atoms with E-state index in [0.717, 1.165) is 11.1 Å². The van der Waals surface area contributed by atoms with Crippen LogP contribution in [0.2, 0.25) is 0 Å². The molecule has 0 spiro atoms. The summed E-state index contributed by atoms with van der Waals surface area (Å²) in [6, 6.07) is 11.9. The summed E-state index contributed by atoms with van der Waals surface area (Å²) in [4.78, 5) is 10.8. The van der Waals surface area contributed by atoms with E-state index in [9.17, 15) is 4.79 Å². The highest BCUT2D eigenvalue weighted by Gasteiger charge is 2.31. The average Bonchev–Trinajstić information content (AvgIpc) is 2.40. The third-order valence-electron chi connectivity index (χ3n) is 3.06. The molecule has 1 unspecified atom stereocenters. The Balaban J connectivity index is 2.21. The number of benzene rings is 1. The molecule has 0 amide bonds. The second-order valence-electron chi connectivity index (χ2n) is 4.40.